The van der Waals surface area contributed by atoms with Crippen molar-refractivity contribution >= 4 is 27.5 Å². The summed E-state index contributed by atoms with van der Waals surface area (Å²) in [6, 6.07) is 8.68. The number of pyridine rings is 1. The normalized spacial score (nSPS) is 11.0. The molecule has 1 aromatic carbocycles. The van der Waals surface area contributed by atoms with Gasteiger partial charge in [-0.05, 0) is 64.7 Å². The molecule has 0 aliphatic rings. The van der Waals surface area contributed by atoms with Gasteiger partial charge in [0.05, 0.1) is 0 Å². The van der Waals surface area contributed by atoms with Gasteiger partial charge < -0.3 is 5.32 Å². The third-order valence-electron chi connectivity index (χ3n) is 3.28. The van der Waals surface area contributed by atoms with Gasteiger partial charge in [-0.2, -0.15) is 4.98 Å². The molecule has 0 saturated carbocycles. The van der Waals surface area contributed by atoms with Crippen molar-refractivity contribution in [1.82, 2.24) is 14.6 Å². The number of nitrogens with one attached hydrogen (secondary N) is 1. The first-order valence-corrected chi connectivity index (χ1v) is 7.42. The molecule has 6 heteroatoms. The summed E-state index contributed by atoms with van der Waals surface area (Å²) in [5.41, 5.74) is 2.87. The monoisotopic (exact) mass is 348 g/mol. The number of anilines is 1. The summed E-state index contributed by atoms with van der Waals surface area (Å²) in [4.78, 5) is 4.38. The third kappa shape index (κ3) is 3.21. The van der Waals surface area contributed by atoms with Crippen LogP contribution in [0, 0.1) is 12.7 Å². The Balaban J connectivity index is 1.66. The second-order valence-electron chi connectivity index (χ2n) is 4.83. The SMILES string of the molecule is Cc1cc(F)ccc1CCNc1nc2ccc(Br)cn2n1. The lowest BCUT2D eigenvalue weighted by atomic mass is 10.1. The minimum absolute atomic E-state index is 0.197. The fourth-order valence-corrected chi connectivity index (χ4v) is 2.51. The summed E-state index contributed by atoms with van der Waals surface area (Å²) in [5, 5.41) is 7.54. The van der Waals surface area contributed by atoms with Crippen LogP contribution in [0.3, 0.4) is 0 Å². The highest BCUT2D eigenvalue weighted by atomic mass is 79.9. The zero-order valence-corrected chi connectivity index (χ0v) is 13.1. The van der Waals surface area contributed by atoms with Crippen molar-refractivity contribution in [2.75, 3.05) is 11.9 Å². The second-order valence-corrected chi connectivity index (χ2v) is 5.75. The highest BCUT2D eigenvalue weighted by Crippen LogP contribution is 2.13. The summed E-state index contributed by atoms with van der Waals surface area (Å²) in [5.74, 6) is 0.393. The molecule has 0 aliphatic heterocycles. The zero-order valence-electron chi connectivity index (χ0n) is 11.5. The minimum atomic E-state index is -0.197. The topological polar surface area (TPSA) is 42.2 Å². The molecule has 4 nitrogen and oxygen atoms in total. The molecule has 0 unspecified atom stereocenters. The van der Waals surface area contributed by atoms with Gasteiger partial charge in [-0.1, -0.05) is 6.07 Å². The molecular formula is C15H14BrFN4. The van der Waals surface area contributed by atoms with Crippen LogP contribution in [0.5, 0.6) is 0 Å². The van der Waals surface area contributed by atoms with Crippen molar-refractivity contribution in [3.63, 3.8) is 0 Å². The quantitative estimate of drug-likeness (QED) is 0.783. The molecule has 0 radical (unpaired) electrons. The molecule has 2 heterocycles. The molecule has 0 aliphatic carbocycles. The number of halogens is 2. The van der Waals surface area contributed by atoms with E-state index in [0.29, 0.717) is 12.5 Å². The number of benzene rings is 1. The smallest absolute Gasteiger partial charge is 0.243 e. The van der Waals surface area contributed by atoms with E-state index in [2.05, 4.69) is 31.3 Å². The van der Waals surface area contributed by atoms with Gasteiger partial charge in [0, 0.05) is 17.2 Å². The maximum Gasteiger partial charge on any atom is 0.243 e. The molecule has 1 N–H and O–H groups in total. The molecule has 21 heavy (non-hydrogen) atoms. The summed E-state index contributed by atoms with van der Waals surface area (Å²) in [6.45, 7) is 2.61. The van der Waals surface area contributed by atoms with Crippen LogP contribution in [0.2, 0.25) is 0 Å². The number of rotatable bonds is 4. The Morgan fingerprint density at radius 1 is 1.29 bits per heavy atom. The summed E-state index contributed by atoms with van der Waals surface area (Å²) in [7, 11) is 0. The predicted molar refractivity (Wildman–Crippen MR) is 84.0 cm³/mol. The third-order valence-corrected chi connectivity index (χ3v) is 3.75. The van der Waals surface area contributed by atoms with Gasteiger partial charge >= 0.3 is 0 Å². The molecule has 0 atom stereocenters. The minimum Gasteiger partial charge on any atom is -0.353 e. The number of fused-ring (bicyclic) bond motifs is 1. The van der Waals surface area contributed by atoms with Gasteiger partial charge in [0.2, 0.25) is 5.95 Å². The Hall–Kier alpha value is -1.95. The van der Waals surface area contributed by atoms with Crippen LogP contribution in [-0.2, 0) is 6.42 Å². The first-order valence-electron chi connectivity index (χ1n) is 6.63. The van der Waals surface area contributed by atoms with E-state index in [-0.39, 0.29) is 5.82 Å². The van der Waals surface area contributed by atoms with E-state index in [1.165, 1.54) is 6.07 Å². The van der Waals surface area contributed by atoms with Crippen LogP contribution in [0.25, 0.3) is 5.65 Å². The second kappa shape index (κ2) is 5.81. The van der Waals surface area contributed by atoms with Crippen LogP contribution in [-0.4, -0.2) is 21.1 Å². The fourth-order valence-electron chi connectivity index (χ4n) is 2.18. The Labute approximate surface area is 130 Å². The number of hydrogen-bond acceptors (Lipinski definition) is 3. The average molecular weight is 349 g/mol. The van der Waals surface area contributed by atoms with E-state index in [1.807, 2.05) is 31.3 Å². The first kappa shape index (κ1) is 14.0. The van der Waals surface area contributed by atoms with E-state index in [4.69, 9.17) is 0 Å². The lowest BCUT2D eigenvalue weighted by Gasteiger charge is -2.06. The molecule has 2 aromatic heterocycles. The predicted octanol–water partition coefficient (Wildman–Crippen LogP) is 3.59. The lowest BCUT2D eigenvalue weighted by Crippen LogP contribution is -2.07. The Morgan fingerprint density at radius 2 is 2.14 bits per heavy atom. The van der Waals surface area contributed by atoms with E-state index in [0.717, 1.165) is 27.7 Å². The molecule has 3 aromatic rings. The van der Waals surface area contributed by atoms with Gasteiger partial charge in [-0.25, -0.2) is 8.91 Å². The number of nitrogens with zero attached hydrogens (tertiary/aromatic N) is 3. The molecule has 0 amide bonds. The van der Waals surface area contributed by atoms with Crippen molar-refractivity contribution in [1.29, 1.82) is 0 Å². The Morgan fingerprint density at radius 3 is 2.95 bits per heavy atom. The summed E-state index contributed by atoms with van der Waals surface area (Å²) >= 11 is 3.40. The molecule has 0 saturated heterocycles. The molecular weight excluding hydrogens is 335 g/mol. The Bertz CT molecular complexity index is 784. The van der Waals surface area contributed by atoms with E-state index in [9.17, 15) is 4.39 Å². The number of aryl methyl sites for hydroxylation is 1. The molecule has 0 fully saturated rings. The van der Waals surface area contributed by atoms with E-state index < -0.39 is 0 Å². The highest BCUT2D eigenvalue weighted by molar-refractivity contribution is 9.10. The zero-order chi connectivity index (χ0) is 14.8. The van der Waals surface area contributed by atoms with Crippen molar-refractivity contribution in [2.45, 2.75) is 13.3 Å². The van der Waals surface area contributed by atoms with Crippen LogP contribution in [0.4, 0.5) is 10.3 Å². The summed E-state index contributed by atoms with van der Waals surface area (Å²) < 4.78 is 15.7. The molecule has 3 rings (SSSR count). The maximum atomic E-state index is 13.0. The van der Waals surface area contributed by atoms with Gasteiger partial charge in [0.1, 0.15) is 5.82 Å². The molecule has 0 bridgehead atoms. The van der Waals surface area contributed by atoms with Crippen molar-refractivity contribution < 1.29 is 4.39 Å². The average Bonchev–Trinajstić information content (AvgIpc) is 2.83. The van der Waals surface area contributed by atoms with Gasteiger partial charge in [-0.3, -0.25) is 0 Å². The standard InChI is InChI=1S/C15H14BrFN4/c1-10-8-13(17)4-2-11(10)6-7-18-15-19-14-5-3-12(16)9-21(14)20-15/h2-5,8-9H,6-7H2,1H3,(H,18,20). The van der Waals surface area contributed by atoms with E-state index >= 15 is 0 Å². The number of hydrogen-bond donors (Lipinski definition) is 1. The van der Waals surface area contributed by atoms with Crippen LogP contribution in [0.15, 0.2) is 41.0 Å². The van der Waals surface area contributed by atoms with Crippen molar-refractivity contribution in [2.24, 2.45) is 0 Å². The maximum absolute atomic E-state index is 13.0. The van der Waals surface area contributed by atoms with Crippen molar-refractivity contribution in [3.8, 4) is 0 Å². The van der Waals surface area contributed by atoms with E-state index in [1.54, 1.807) is 10.6 Å². The largest absolute Gasteiger partial charge is 0.353 e. The highest BCUT2D eigenvalue weighted by Gasteiger charge is 2.04. The lowest BCUT2D eigenvalue weighted by molar-refractivity contribution is 0.625. The van der Waals surface area contributed by atoms with Crippen LogP contribution < -0.4 is 5.32 Å². The van der Waals surface area contributed by atoms with Crippen LogP contribution >= 0.6 is 15.9 Å². The first-order chi connectivity index (χ1) is 10.1. The molecule has 0 spiro atoms. The summed E-state index contributed by atoms with van der Waals surface area (Å²) in [6.07, 6.45) is 2.66. The van der Waals surface area contributed by atoms with Crippen molar-refractivity contribution in [3.05, 3.63) is 57.9 Å². The van der Waals surface area contributed by atoms with Gasteiger partial charge in [0.15, 0.2) is 5.65 Å². The van der Waals surface area contributed by atoms with Gasteiger partial charge in [-0.15, -0.1) is 5.10 Å². The number of aromatic nitrogens is 3. The molecule has 108 valence electrons. The van der Waals surface area contributed by atoms with Crippen LogP contribution in [0.1, 0.15) is 11.1 Å². The Kier molecular flexibility index (Phi) is 3.88. The fraction of sp³-hybridized carbons (Fsp3) is 0.200. The van der Waals surface area contributed by atoms with Gasteiger partial charge in [0.25, 0.3) is 0 Å².